The summed E-state index contributed by atoms with van der Waals surface area (Å²) in [4.78, 5) is 1.08. The van der Waals surface area contributed by atoms with Crippen molar-refractivity contribution < 1.29 is 0 Å². The lowest BCUT2D eigenvalue weighted by molar-refractivity contribution is 0.441. The third kappa shape index (κ3) is 1.97. The van der Waals surface area contributed by atoms with Gasteiger partial charge < -0.3 is 5.43 Å². The van der Waals surface area contributed by atoms with E-state index in [2.05, 4.69) is 5.43 Å². The molecule has 1 aliphatic rings. The van der Waals surface area contributed by atoms with E-state index in [0.717, 1.165) is 15.5 Å². The van der Waals surface area contributed by atoms with Crippen molar-refractivity contribution in [1.29, 1.82) is 0 Å². The molecule has 1 aromatic rings. The van der Waals surface area contributed by atoms with Crippen molar-refractivity contribution in [1.82, 2.24) is 9.95 Å². The molecule has 0 unspecified atom stereocenters. The summed E-state index contributed by atoms with van der Waals surface area (Å²) in [6.07, 6.45) is 1.86. The molecule has 0 aromatic heterocycles. The van der Waals surface area contributed by atoms with E-state index in [0.29, 0.717) is 0 Å². The third-order valence-corrected chi connectivity index (χ3v) is 2.75. The Labute approximate surface area is 85.6 Å². The van der Waals surface area contributed by atoms with Crippen LogP contribution in [-0.2, 0) is 0 Å². The van der Waals surface area contributed by atoms with Gasteiger partial charge in [-0.3, -0.25) is 0 Å². The molecule has 68 valence electrons. The van der Waals surface area contributed by atoms with Crippen molar-refractivity contribution >= 4 is 28.5 Å². The molecule has 0 radical (unpaired) electrons. The molecule has 3 N–H and O–H groups in total. The molecule has 0 atom stereocenters. The smallest absolute Gasteiger partial charge is 0.0506 e. The van der Waals surface area contributed by atoms with Crippen LogP contribution in [0.5, 0.6) is 0 Å². The van der Waals surface area contributed by atoms with Crippen molar-refractivity contribution in [3.8, 4) is 0 Å². The van der Waals surface area contributed by atoms with Crippen molar-refractivity contribution in [3.63, 3.8) is 0 Å². The molecule has 3 nitrogen and oxygen atoms in total. The molecule has 1 aromatic carbocycles. The zero-order valence-electron chi connectivity index (χ0n) is 6.70. The normalized spacial score (nSPS) is 16.9. The van der Waals surface area contributed by atoms with Gasteiger partial charge in [0.15, 0.2) is 0 Å². The first-order chi connectivity index (χ1) is 6.25. The average Bonchev–Trinajstić information content (AvgIpc) is 2.53. The van der Waals surface area contributed by atoms with E-state index in [1.54, 1.807) is 0 Å². The summed E-state index contributed by atoms with van der Waals surface area (Å²) >= 11 is 7.21. The first-order valence-electron chi connectivity index (χ1n) is 3.71. The number of hydrogen-bond donors (Lipinski definition) is 2. The molecule has 0 bridgehead atoms. The summed E-state index contributed by atoms with van der Waals surface area (Å²) in [7, 11) is 0. The van der Waals surface area contributed by atoms with Gasteiger partial charge in [0.2, 0.25) is 0 Å². The Hall–Kier alpha value is -0.680. The van der Waals surface area contributed by atoms with Gasteiger partial charge in [-0.2, -0.15) is 0 Å². The topological polar surface area (TPSA) is 41.3 Å². The van der Waals surface area contributed by atoms with Gasteiger partial charge in [-0.1, -0.05) is 28.3 Å². The molecule has 0 spiro atoms. The monoisotopic (exact) mass is 213 g/mol. The molecule has 0 amide bonds. The van der Waals surface area contributed by atoms with Gasteiger partial charge in [-0.05, 0) is 29.6 Å². The molecule has 1 heterocycles. The minimum atomic E-state index is 0.741. The van der Waals surface area contributed by atoms with E-state index in [1.165, 1.54) is 16.5 Å². The molecule has 0 saturated heterocycles. The summed E-state index contributed by atoms with van der Waals surface area (Å²) in [6.45, 7) is 0. The highest BCUT2D eigenvalue weighted by atomic mass is 35.5. The Morgan fingerprint density at radius 1 is 1.31 bits per heavy atom. The van der Waals surface area contributed by atoms with Crippen molar-refractivity contribution in [2.75, 3.05) is 0 Å². The van der Waals surface area contributed by atoms with Crippen molar-refractivity contribution in [2.45, 2.75) is 0 Å². The Morgan fingerprint density at radius 3 is 2.54 bits per heavy atom. The van der Waals surface area contributed by atoms with Crippen LogP contribution in [0.1, 0.15) is 5.56 Å². The molecular formula is C8H8ClN3S. The van der Waals surface area contributed by atoms with Gasteiger partial charge in [0.05, 0.1) is 4.91 Å². The summed E-state index contributed by atoms with van der Waals surface area (Å²) < 4.78 is 1.45. The van der Waals surface area contributed by atoms with E-state index in [4.69, 9.17) is 17.4 Å². The minimum absolute atomic E-state index is 0.741. The number of halogens is 1. The number of hydrazine groups is 2. The highest BCUT2D eigenvalue weighted by molar-refractivity contribution is 8.06. The predicted molar refractivity (Wildman–Crippen MR) is 56.2 cm³/mol. The SMILES string of the molecule is NN1NC=C(c2ccc(Cl)cc2)S1. The second-order valence-electron chi connectivity index (χ2n) is 2.56. The minimum Gasteiger partial charge on any atom is -0.302 e. The second kappa shape index (κ2) is 3.59. The second-order valence-corrected chi connectivity index (χ2v) is 4.01. The molecular weight excluding hydrogens is 206 g/mol. The zero-order valence-corrected chi connectivity index (χ0v) is 8.27. The van der Waals surface area contributed by atoms with Crippen LogP contribution >= 0.6 is 23.5 Å². The lowest BCUT2D eigenvalue weighted by atomic mass is 10.2. The van der Waals surface area contributed by atoms with Crippen LogP contribution in [0.2, 0.25) is 5.02 Å². The summed E-state index contributed by atoms with van der Waals surface area (Å²) in [5, 5.41) is 0.741. The molecule has 13 heavy (non-hydrogen) atoms. The van der Waals surface area contributed by atoms with E-state index in [1.807, 2.05) is 30.5 Å². The summed E-state index contributed by atoms with van der Waals surface area (Å²) in [5.41, 5.74) is 3.97. The van der Waals surface area contributed by atoms with E-state index >= 15 is 0 Å². The lowest BCUT2D eigenvalue weighted by Crippen LogP contribution is -2.30. The molecule has 1 aliphatic heterocycles. The lowest BCUT2D eigenvalue weighted by Gasteiger charge is -2.05. The van der Waals surface area contributed by atoms with Crippen LogP contribution in [0, 0.1) is 0 Å². The Kier molecular flexibility index (Phi) is 2.46. The van der Waals surface area contributed by atoms with Gasteiger partial charge in [0.25, 0.3) is 0 Å². The molecule has 5 heteroatoms. The Balaban J connectivity index is 2.22. The fraction of sp³-hybridized carbons (Fsp3) is 0. The Morgan fingerprint density at radius 2 is 2.00 bits per heavy atom. The van der Waals surface area contributed by atoms with Crippen LogP contribution in [0.15, 0.2) is 30.5 Å². The first kappa shape index (κ1) is 8.90. The number of rotatable bonds is 1. The van der Waals surface area contributed by atoms with Crippen LogP contribution in [-0.4, -0.2) is 4.52 Å². The molecule has 0 saturated carbocycles. The number of nitrogens with two attached hydrogens (primary N) is 1. The molecule has 2 rings (SSSR count). The van der Waals surface area contributed by atoms with Crippen LogP contribution in [0.4, 0.5) is 0 Å². The van der Waals surface area contributed by atoms with Gasteiger partial charge in [0, 0.05) is 11.2 Å². The van der Waals surface area contributed by atoms with Crippen LogP contribution < -0.4 is 11.3 Å². The number of nitrogens with one attached hydrogen (secondary N) is 1. The molecule has 0 fully saturated rings. The largest absolute Gasteiger partial charge is 0.302 e. The van der Waals surface area contributed by atoms with Crippen molar-refractivity contribution in [3.05, 3.63) is 41.1 Å². The average molecular weight is 214 g/mol. The van der Waals surface area contributed by atoms with Crippen LogP contribution in [0.3, 0.4) is 0 Å². The Bertz CT molecular complexity index is 336. The predicted octanol–water partition coefficient (Wildman–Crippen LogP) is 1.98. The van der Waals surface area contributed by atoms with E-state index < -0.39 is 0 Å². The summed E-state index contributed by atoms with van der Waals surface area (Å²) in [6, 6.07) is 7.64. The number of benzene rings is 1. The fourth-order valence-electron chi connectivity index (χ4n) is 1.03. The van der Waals surface area contributed by atoms with E-state index in [9.17, 15) is 0 Å². The highest BCUT2D eigenvalue weighted by Crippen LogP contribution is 2.31. The maximum Gasteiger partial charge on any atom is 0.0506 e. The number of nitrogens with zero attached hydrogens (tertiary/aromatic N) is 1. The molecule has 0 aliphatic carbocycles. The zero-order chi connectivity index (χ0) is 9.26. The van der Waals surface area contributed by atoms with Gasteiger partial charge in [0.1, 0.15) is 0 Å². The van der Waals surface area contributed by atoms with Gasteiger partial charge in [-0.15, -0.1) is 0 Å². The van der Waals surface area contributed by atoms with Gasteiger partial charge in [-0.25, -0.2) is 5.84 Å². The highest BCUT2D eigenvalue weighted by Gasteiger charge is 2.12. The number of hydrogen-bond acceptors (Lipinski definition) is 4. The summed E-state index contributed by atoms with van der Waals surface area (Å²) in [5.74, 6) is 5.50. The third-order valence-electron chi connectivity index (χ3n) is 1.65. The maximum absolute atomic E-state index is 5.77. The first-order valence-corrected chi connectivity index (χ1v) is 4.86. The quantitative estimate of drug-likeness (QED) is 0.553. The van der Waals surface area contributed by atoms with E-state index in [-0.39, 0.29) is 0 Å². The van der Waals surface area contributed by atoms with Crippen molar-refractivity contribution in [2.24, 2.45) is 5.84 Å². The van der Waals surface area contributed by atoms with Crippen LogP contribution in [0.25, 0.3) is 4.91 Å². The fourth-order valence-corrected chi connectivity index (χ4v) is 1.82. The standard InChI is InChI=1S/C8H8ClN3S/c9-7-3-1-6(2-4-7)8-5-11-12(10)13-8/h1-5,11H,10H2. The maximum atomic E-state index is 5.77. The van der Waals surface area contributed by atoms with Gasteiger partial charge >= 0.3 is 0 Å².